The van der Waals surface area contributed by atoms with Gasteiger partial charge < -0.3 is 25.8 Å². The number of carbonyl (C=O) groups excluding carboxylic acids is 5. The topological polar surface area (TPSA) is 159 Å². The summed E-state index contributed by atoms with van der Waals surface area (Å²) in [5.41, 5.74) is -0.425. The molecule has 1 aliphatic heterocycles. The maximum Gasteiger partial charge on any atom is 0.287 e. The lowest BCUT2D eigenvalue weighted by Gasteiger charge is -2.46. The minimum atomic E-state index is -1.25. The van der Waals surface area contributed by atoms with Gasteiger partial charge in [-0.3, -0.25) is 33.7 Å². The number of amides is 4. The molecule has 4 amide bonds. The Morgan fingerprint density at radius 2 is 1.93 bits per heavy atom. The van der Waals surface area contributed by atoms with E-state index in [0.29, 0.717) is 19.4 Å². The van der Waals surface area contributed by atoms with Crippen LogP contribution in [0, 0.1) is 11.8 Å². The molecule has 2 bridgehead atoms. The number of hydrogen-bond donors (Lipinski definition) is 4. The maximum absolute atomic E-state index is 13.3. The van der Waals surface area contributed by atoms with Crippen molar-refractivity contribution in [1.29, 1.82) is 0 Å². The Hall–Kier alpha value is -2.88. The highest BCUT2D eigenvalue weighted by Gasteiger charge is 2.37. The van der Waals surface area contributed by atoms with Gasteiger partial charge in [0.1, 0.15) is 18.3 Å². The van der Waals surface area contributed by atoms with Crippen molar-refractivity contribution in [3.05, 3.63) is 47.9 Å². The number of rotatable bonds is 11. The number of halogens is 2. The van der Waals surface area contributed by atoms with Crippen molar-refractivity contribution in [2.45, 2.75) is 57.3 Å². The number of carbonyl (C=O) groups is 5. The number of likely N-dealkylation sites (tertiary alicyclic amines) is 1. The van der Waals surface area contributed by atoms with Gasteiger partial charge >= 0.3 is 0 Å². The number of ketones is 1. The number of thiophene rings is 1. The van der Waals surface area contributed by atoms with Gasteiger partial charge in [0.25, 0.3) is 17.4 Å². The second-order valence-electron chi connectivity index (χ2n) is 10.9. The molecule has 43 heavy (non-hydrogen) atoms. The van der Waals surface area contributed by atoms with Crippen LogP contribution in [0.3, 0.4) is 0 Å². The van der Waals surface area contributed by atoms with E-state index in [0.717, 1.165) is 25.8 Å². The Kier molecular flexibility index (Phi) is 11.3. The lowest BCUT2D eigenvalue weighted by molar-refractivity contribution is -0.137. The fourth-order valence-electron chi connectivity index (χ4n) is 5.76. The molecular weight excluding hydrogens is 708 g/mol. The van der Waals surface area contributed by atoms with Gasteiger partial charge in [0.15, 0.2) is 0 Å². The summed E-state index contributed by atoms with van der Waals surface area (Å²) in [6.07, 6.45) is 5.38. The zero-order valence-electron chi connectivity index (χ0n) is 23.8. The molecule has 4 unspecified atom stereocenters. The lowest BCUT2D eigenvalue weighted by Crippen LogP contribution is -2.57. The van der Waals surface area contributed by atoms with Gasteiger partial charge in [-0.1, -0.05) is 6.42 Å². The maximum atomic E-state index is 13.3. The Bertz CT molecular complexity index is 1460. The Balaban J connectivity index is 1.45. The monoisotopic (exact) mass is 740 g/mol. The molecule has 1 saturated carbocycles. The molecule has 0 radical (unpaired) electrons. The number of fused-ring (bicyclic) bond motifs is 2. The molecule has 0 aromatic carbocycles. The van der Waals surface area contributed by atoms with E-state index in [2.05, 4.69) is 58.0 Å². The van der Waals surface area contributed by atoms with Crippen LogP contribution in [0.25, 0.3) is 0 Å². The zero-order valence-corrected chi connectivity index (χ0v) is 27.8. The van der Waals surface area contributed by atoms with E-state index in [9.17, 15) is 28.8 Å². The van der Waals surface area contributed by atoms with Gasteiger partial charge in [-0.15, -0.1) is 11.3 Å². The average molecular weight is 742 g/mol. The van der Waals surface area contributed by atoms with Crippen LogP contribution in [0.5, 0.6) is 0 Å². The first-order valence-corrected chi connectivity index (χ1v) is 16.4. The summed E-state index contributed by atoms with van der Waals surface area (Å²) in [4.78, 5) is 78.5. The normalized spacial score (nSPS) is 20.5. The third-order valence-corrected chi connectivity index (χ3v) is 10.2. The first-order valence-electron chi connectivity index (χ1n) is 14.0. The van der Waals surface area contributed by atoms with Crippen molar-refractivity contribution in [1.82, 2.24) is 25.4 Å². The van der Waals surface area contributed by atoms with Crippen LogP contribution in [0.4, 0.5) is 5.69 Å². The van der Waals surface area contributed by atoms with Crippen molar-refractivity contribution >= 4 is 78.3 Å². The number of likely N-dealkylation sites (N-methyl/N-ethyl adjacent to an activating group) is 1. The molecule has 1 aliphatic carbocycles. The lowest BCUT2D eigenvalue weighted by atomic mass is 9.76. The van der Waals surface area contributed by atoms with Gasteiger partial charge in [-0.25, -0.2) is 0 Å². The van der Waals surface area contributed by atoms with E-state index >= 15 is 0 Å². The quantitative estimate of drug-likeness (QED) is 0.258. The van der Waals surface area contributed by atoms with Crippen molar-refractivity contribution in [3.63, 3.8) is 0 Å². The van der Waals surface area contributed by atoms with E-state index < -0.39 is 35.1 Å². The van der Waals surface area contributed by atoms with Gasteiger partial charge in [0.2, 0.25) is 17.6 Å². The van der Waals surface area contributed by atoms with Crippen LogP contribution < -0.4 is 26.8 Å². The Morgan fingerprint density at radius 1 is 1.16 bits per heavy atom. The second-order valence-corrected chi connectivity index (χ2v) is 14.6. The van der Waals surface area contributed by atoms with Crippen LogP contribution in [0.2, 0.25) is 0 Å². The fourth-order valence-corrected chi connectivity index (χ4v) is 8.56. The molecule has 3 heterocycles. The molecule has 15 heteroatoms. The average Bonchev–Trinajstić information content (AvgIpc) is 3.32. The summed E-state index contributed by atoms with van der Waals surface area (Å²) in [6, 6.07) is 3.26. The number of piperidine rings is 1. The number of aromatic nitrogens is 1. The third kappa shape index (κ3) is 8.40. The largest absolute Gasteiger partial charge is 0.353 e. The van der Waals surface area contributed by atoms with E-state index in [-0.39, 0.29) is 42.7 Å². The van der Waals surface area contributed by atoms with Crippen molar-refractivity contribution in [2.24, 2.45) is 11.8 Å². The molecule has 232 valence electrons. The summed E-state index contributed by atoms with van der Waals surface area (Å²) in [7, 11) is 3.32. The number of nitrogens with zero attached hydrogens (tertiary/aromatic N) is 2. The molecule has 4 rings (SSSR count). The van der Waals surface area contributed by atoms with Crippen LogP contribution >= 0.6 is 43.2 Å². The number of Topliss-reactive ketones (excluding diaryl/α,β-unsaturated/α-hetero) is 1. The first-order chi connectivity index (χ1) is 20.5. The van der Waals surface area contributed by atoms with E-state index in [1.54, 1.807) is 6.07 Å². The number of anilines is 1. The second kappa shape index (κ2) is 14.7. The molecule has 12 nitrogen and oxygen atoms in total. The number of hydrogen-bond acceptors (Lipinski definition) is 8. The van der Waals surface area contributed by atoms with Crippen molar-refractivity contribution < 1.29 is 24.0 Å². The standard InChI is InChI=1S/C28H34Br2N6O6S/c1-31-27(41)20(37)9-8-18(32-25(39)17-12-21(29)43-23(17)30)26(40)33-19-7-4-10-36(28(19)42)14-22(38)34-24-16-6-3-5-15(11-16)13-35(24)2/h4,7,10,12,15-16,18,24H,3,5-6,8-9,11,13-14H2,1-2H3,(H,31,41)(H,32,39)(H,33,40)(H,34,38). The summed E-state index contributed by atoms with van der Waals surface area (Å²) in [5, 5.41) is 10.4. The van der Waals surface area contributed by atoms with E-state index in [1.165, 1.54) is 47.7 Å². The Morgan fingerprint density at radius 3 is 2.63 bits per heavy atom. The molecule has 2 fully saturated rings. The van der Waals surface area contributed by atoms with Crippen LogP contribution in [-0.2, 0) is 25.7 Å². The van der Waals surface area contributed by atoms with Crippen LogP contribution in [-0.4, -0.2) is 71.7 Å². The van der Waals surface area contributed by atoms with E-state index in [4.69, 9.17) is 0 Å². The highest BCUT2D eigenvalue weighted by molar-refractivity contribution is 9.12. The van der Waals surface area contributed by atoms with Gasteiger partial charge in [-0.2, -0.15) is 0 Å². The third-order valence-electron chi connectivity index (χ3n) is 7.86. The van der Waals surface area contributed by atoms with Gasteiger partial charge in [0.05, 0.1) is 19.3 Å². The van der Waals surface area contributed by atoms with Crippen molar-refractivity contribution in [3.8, 4) is 0 Å². The first kappa shape index (κ1) is 33.0. The SMILES string of the molecule is CNC(=O)C(=O)CCC(NC(=O)c1cc(Br)sc1Br)C(=O)Nc1cccn(CC(=O)NC2C3CCCC(C3)CN2C)c1=O. The summed E-state index contributed by atoms with van der Waals surface area (Å²) < 4.78 is 2.43. The van der Waals surface area contributed by atoms with E-state index in [1.807, 2.05) is 7.05 Å². The predicted octanol–water partition coefficient (Wildman–Crippen LogP) is 2.46. The minimum Gasteiger partial charge on any atom is -0.353 e. The molecule has 4 N–H and O–H groups in total. The summed E-state index contributed by atoms with van der Waals surface area (Å²) in [6.45, 7) is 0.695. The van der Waals surface area contributed by atoms with Gasteiger partial charge in [-0.05, 0) is 94.6 Å². The minimum absolute atomic E-state index is 0.0894. The molecular formula is C28H34Br2N6O6S. The number of nitrogens with one attached hydrogen (secondary N) is 4. The van der Waals surface area contributed by atoms with Gasteiger partial charge in [0, 0.05) is 26.2 Å². The molecule has 2 aromatic rings. The Labute approximate surface area is 269 Å². The highest BCUT2D eigenvalue weighted by atomic mass is 79.9. The highest BCUT2D eigenvalue weighted by Crippen LogP contribution is 2.36. The molecule has 0 spiro atoms. The smallest absolute Gasteiger partial charge is 0.287 e. The predicted molar refractivity (Wildman–Crippen MR) is 169 cm³/mol. The summed E-state index contributed by atoms with van der Waals surface area (Å²) >= 11 is 7.89. The zero-order chi connectivity index (χ0) is 31.3. The molecule has 1 saturated heterocycles. The summed E-state index contributed by atoms with van der Waals surface area (Å²) in [5.74, 6) is -2.18. The van der Waals surface area contributed by atoms with Crippen LogP contribution in [0.15, 0.2) is 36.8 Å². The molecule has 2 aliphatic rings. The molecule has 2 aromatic heterocycles. The molecule has 4 atom stereocenters. The van der Waals surface area contributed by atoms with Crippen LogP contribution in [0.1, 0.15) is 48.9 Å². The number of pyridine rings is 1. The fraction of sp³-hybridized carbons (Fsp3) is 0.500. The van der Waals surface area contributed by atoms with Crippen molar-refractivity contribution in [2.75, 3.05) is 26.0 Å².